The fraction of sp³-hybridized carbons (Fsp3) is 0.278. The molecule has 22 heavy (non-hydrogen) atoms. The van der Waals surface area contributed by atoms with Crippen LogP contribution in [0.5, 0.6) is 0 Å². The Morgan fingerprint density at radius 3 is 2.59 bits per heavy atom. The van der Waals surface area contributed by atoms with Gasteiger partial charge in [-0.3, -0.25) is 4.79 Å². The summed E-state index contributed by atoms with van der Waals surface area (Å²) in [5, 5.41) is 10.5. The maximum Gasteiger partial charge on any atom is 0.249 e. The van der Waals surface area contributed by atoms with Gasteiger partial charge >= 0.3 is 0 Å². The molecule has 114 valence electrons. The Morgan fingerprint density at radius 2 is 1.86 bits per heavy atom. The molecular formula is C18H19NO3. The Labute approximate surface area is 130 Å². The van der Waals surface area contributed by atoms with Gasteiger partial charge in [0.05, 0.1) is 0 Å². The van der Waals surface area contributed by atoms with Crippen LogP contribution in [0.15, 0.2) is 48.5 Å². The van der Waals surface area contributed by atoms with Gasteiger partial charge in [-0.1, -0.05) is 48.5 Å². The van der Waals surface area contributed by atoms with Crippen LogP contribution in [0.2, 0.25) is 0 Å². The third-order valence-electron chi connectivity index (χ3n) is 4.00. The van der Waals surface area contributed by atoms with Crippen molar-refractivity contribution in [3.05, 3.63) is 70.8 Å². The number of carbonyl (C=O) groups is 1. The monoisotopic (exact) mass is 297 g/mol. The summed E-state index contributed by atoms with van der Waals surface area (Å²) >= 11 is 0. The molecule has 1 unspecified atom stereocenters. The van der Waals surface area contributed by atoms with E-state index in [0.29, 0.717) is 13.1 Å². The molecule has 4 heteroatoms. The Kier molecular flexibility index (Phi) is 4.22. The molecule has 1 heterocycles. The summed E-state index contributed by atoms with van der Waals surface area (Å²) in [6.07, 6.45) is -0.643. The van der Waals surface area contributed by atoms with E-state index >= 15 is 0 Å². The summed E-state index contributed by atoms with van der Waals surface area (Å²) in [6, 6.07) is 15.5. The lowest BCUT2D eigenvalue weighted by Gasteiger charge is -2.14. The lowest BCUT2D eigenvalue weighted by molar-refractivity contribution is -0.135. The number of aliphatic hydroxyl groups excluding tert-OH is 1. The standard InChI is InChI=1S/C18H19NO3/c1-22-12-17(20)19-10-15-8-7-14(9-16(15)11-19)18(21)13-5-3-2-4-6-13/h2-9,18,21H,10-12H2,1H3. The molecular weight excluding hydrogens is 278 g/mol. The molecule has 2 aromatic rings. The van der Waals surface area contributed by atoms with Gasteiger partial charge in [0.15, 0.2) is 0 Å². The SMILES string of the molecule is COCC(=O)N1Cc2ccc(C(O)c3ccccc3)cc2C1. The van der Waals surface area contributed by atoms with Crippen LogP contribution in [0.1, 0.15) is 28.4 Å². The maximum absolute atomic E-state index is 11.9. The van der Waals surface area contributed by atoms with Gasteiger partial charge in [-0.25, -0.2) is 0 Å². The number of aliphatic hydroxyl groups is 1. The number of fused-ring (bicyclic) bond motifs is 1. The number of carbonyl (C=O) groups excluding carboxylic acids is 1. The van der Waals surface area contributed by atoms with E-state index in [1.165, 1.54) is 7.11 Å². The van der Waals surface area contributed by atoms with E-state index in [2.05, 4.69) is 0 Å². The van der Waals surface area contributed by atoms with Gasteiger partial charge in [0, 0.05) is 20.2 Å². The summed E-state index contributed by atoms with van der Waals surface area (Å²) in [5.74, 6) is -0.0103. The van der Waals surface area contributed by atoms with Gasteiger partial charge < -0.3 is 14.7 Å². The van der Waals surface area contributed by atoms with Crippen LogP contribution in [-0.4, -0.2) is 29.6 Å². The largest absolute Gasteiger partial charge is 0.384 e. The van der Waals surface area contributed by atoms with E-state index in [-0.39, 0.29) is 12.5 Å². The van der Waals surface area contributed by atoms with Gasteiger partial charge in [0.2, 0.25) is 5.91 Å². The van der Waals surface area contributed by atoms with Gasteiger partial charge in [-0.2, -0.15) is 0 Å². The van der Waals surface area contributed by atoms with Crippen molar-refractivity contribution >= 4 is 5.91 Å². The van der Waals surface area contributed by atoms with Crippen molar-refractivity contribution in [2.75, 3.05) is 13.7 Å². The first-order valence-electron chi connectivity index (χ1n) is 7.30. The molecule has 0 saturated heterocycles. The molecule has 1 amide bonds. The highest BCUT2D eigenvalue weighted by molar-refractivity contribution is 5.78. The summed E-state index contributed by atoms with van der Waals surface area (Å²) in [4.78, 5) is 13.7. The smallest absolute Gasteiger partial charge is 0.249 e. The molecule has 0 bridgehead atoms. The molecule has 2 aromatic carbocycles. The summed E-state index contributed by atoms with van der Waals surface area (Å²) in [6.45, 7) is 1.29. The number of benzene rings is 2. The van der Waals surface area contributed by atoms with Crippen molar-refractivity contribution in [2.45, 2.75) is 19.2 Å². The van der Waals surface area contributed by atoms with Crippen molar-refractivity contribution in [3.8, 4) is 0 Å². The molecule has 0 saturated carbocycles. The number of methoxy groups -OCH3 is 1. The fourth-order valence-corrected chi connectivity index (χ4v) is 2.80. The molecule has 1 aliphatic rings. The van der Waals surface area contributed by atoms with Crippen molar-refractivity contribution < 1.29 is 14.6 Å². The average molecular weight is 297 g/mol. The minimum atomic E-state index is -0.643. The summed E-state index contributed by atoms with van der Waals surface area (Å²) in [7, 11) is 1.52. The topological polar surface area (TPSA) is 49.8 Å². The van der Waals surface area contributed by atoms with E-state index in [1.807, 2.05) is 48.5 Å². The number of hydrogen-bond acceptors (Lipinski definition) is 3. The van der Waals surface area contributed by atoms with Gasteiger partial charge in [0.1, 0.15) is 12.7 Å². The summed E-state index contributed by atoms with van der Waals surface area (Å²) < 4.78 is 4.90. The van der Waals surface area contributed by atoms with Crippen LogP contribution in [-0.2, 0) is 22.6 Å². The third-order valence-corrected chi connectivity index (χ3v) is 4.00. The van der Waals surface area contributed by atoms with Crippen LogP contribution in [0.3, 0.4) is 0 Å². The highest BCUT2D eigenvalue weighted by Crippen LogP contribution is 2.28. The Bertz CT molecular complexity index is 669. The van der Waals surface area contributed by atoms with Crippen LogP contribution in [0, 0.1) is 0 Å². The van der Waals surface area contributed by atoms with Crippen LogP contribution < -0.4 is 0 Å². The van der Waals surface area contributed by atoms with Crippen LogP contribution >= 0.6 is 0 Å². The van der Waals surface area contributed by atoms with E-state index in [4.69, 9.17) is 4.74 Å². The van der Waals surface area contributed by atoms with Crippen LogP contribution in [0.4, 0.5) is 0 Å². The Hall–Kier alpha value is -2.17. The molecule has 1 aliphatic heterocycles. The molecule has 0 aliphatic carbocycles. The number of hydrogen-bond donors (Lipinski definition) is 1. The quantitative estimate of drug-likeness (QED) is 0.941. The molecule has 0 radical (unpaired) electrons. The highest BCUT2D eigenvalue weighted by atomic mass is 16.5. The number of ether oxygens (including phenoxy) is 1. The number of nitrogens with zero attached hydrogens (tertiary/aromatic N) is 1. The van der Waals surface area contributed by atoms with Gasteiger partial charge in [-0.15, -0.1) is 0 Å². The minimum absolute atomic E-state index is 0.0103. The molecule has 0 aromatic heterocycles. The molecule has 3 rings (SSSR count). The first kappa shape index (κ1) is 14.8. The van der Waals surface area contributed by atoms with Gasteiger partial charge in [0.25, 0.3) is 0 Å². The first-order chi connectivity index (χ1) is 10.7. The highest BCUT2D eigenvalue weighted by Gasteiger charge is 2.24. The van der Waals surface area contributed by atoms with E-state index in [0.717, 1.165) is 22.3 Å². The number of rotatable bonds is 4. The van der Waals surface area contributed by atoms with Crippen molar-refractivity contribution in [2.24, 2.45) is 0 Å². The fourth-order valence-electron chi connectivity index (χ4n) is 2.80. The zero-order valence-electron chi connectivity index (χ0n) is 12.5. The van der Waals surface area contributed by atoms with E-state index in [1.54, 1.807) is 4.90 Å². The number of amides is 1. The maximum atomic E-state index is 11.9. The van der Waals surface area contributed by atoms with Crippen LogP contribution in [0.25, 0.3) is 0 Å². The molecule has 4 nitrogen and oxygen atoms in total. The Morgan fingerprint density at radius 1 is 1.14 bits per heavy atom. The van der Waals surface area contributed by atoms with E-state index < -0.39 is 6.10 Å². The second kappa shape index (κ2) is 6.30. The van der Waals surface area contributed by atoms with E-state index in [9.17, 15) is 9.90 Å². The first-order valence-corrected chi connectivity index (χ1v) is 7.30. The molecule has 1 atom stereocenters. The zero-order chi connectivity index (χ0) is 15.5. The predicted octanol–water partition coefficient (Wildman–Crippen LogP) is 2.26. The average Bonchev–Trinajstić information content (AvgIpc) is 2.98. The lowest BCUT2D eigenvalue weighted by Crippen LogP contribution is -2.28. The second-order valence-corrected chi connectivity index (χ2v) is 5.52. The van der Waals surface area contributed by atoms with Gasteiger partial charge in [-0.05, 0) is 22.3 Å². The third kappa shape index (κ3) is 2.89. The Balaban J connectivity index is 1.79. The molecule has 0 spiro atoms. The van der Waals surface area contributed by atoms with Crippen molar-refractivity contribution in [1.29, 1.82) is 0 Å². The minimum Gasteiger partial charge on any atom is -0.384 e. The normalized spacial score (nSPS) is 14.7. The summed E-state index contributed by atoms with van der Waals surface area (Å²) in [5.41, 5.74) is 3.95. The predicted molar refractivity (Wildman–Crippen MR) is 83.1 cm³/mol. The molecule has 0 fully saturated rings. The second-order valence-electron chi connectivity index (χ2n) is 5.52. The molecule has 1 N–H and O–H groups in total. The van der Waals surface area contributed by atoms with Crippen molar-refractivity contribution in [3.63, 3.8) is 0 Å². The lowest BCUT2D eigenvalue weighted by atomic mass is 9.98. The van der Waals surface area contributed by atoms with Crippen molar-refractivity contribution in [1.82, 2.24) is 4.90 Å². The zero-order valence-corrected chi connectivity index (χ0v) is 12.5.